The lowest BCUT2D eigenvalue weighted by molar-refractivity contribution is -0.118. The molecule has 200 valence electrons. The molecule has 5 aromatic rings. The summed E-state index contributed by atoms with van der Waals surface area (Å²) in [5.41, 5.74) is 4.98. The summed E-state index contributed by atoms with van der Waals surface area (Å²) in [6.45, 7) is 0. The first kappa shape index (κ1) is 26.3. The van der Waals surface area contributed by atoms with Crippen molar-refractivity contribution in [2.45, 2.75) is 24.4 Å². The molecule has 6 rings (SSSR count). The van der Waals surface area contributed by atoms with Crippen LogP contribution >= 0.6 is 34.7 Å². The molecule has 0 atom stereocenters. The van der Waals surface area contributed by atoms with Gasteiger partial charge in [0.1, 0.15) is 16.3 Å². The van der Waals surface area contributed by atoms with Crippen LogP contribution in [0.5, 0.6) is 11.5 Å². The minimum absolute atomic E-state index is 0.0329. The summed E-state index contributed by atoms with van der Waals surface area (Å²) >= 11 is 8.86. The van der Waals surface area contributed by atoms with Crippen LogP contribution in [0.25, 0.3) is 15.9 Å². The van der Waals surface area contributed by atoms with Crippen molar-refractivity contribution in [3.63, 3.8) is 0 Å². The van der Waals surface area contributed by atoms with Gasteiger partial charge in [-0.15, -0.1) is 11.3 Å². The van der Waals surface area contributed by atoms with E-state index in [-0.39, 0.29) is 17.2 Å². The molecule has 1 amide bonds. The molecule has 1 aliphatic carbocycles. The predicted octanol–water partition coefficient (Wildman–Crippen LogP) is 6.62. The number of carbonyl (C=O) groups excluding carboxylic acids is 1. The zero-order chi connectivity index (χ0) is 27.5. The molecule has 0 spiro atoms. The van der Waals surface area contributed by atoms with Gasteiger partial charge in [-0.1, -0.05) is 53.7 Å². The normalized spacial score (nSPS) is 12.6. The Kier molecular flexibility index (Phi) is 7.68. The average molecular weight is 587 g/mol. The van der Waals surface area contributed by atoms with Gasteiger partial charge in [-0.3, -0.25) is 14.2 Å². The second-order valence-electron chi connectivity index (χ2n) is 9.12. The van der Waals surface area contributed by atoms with Gasteiger partial charge in [0.2, 0.25) is 0 Å². The number of nitrogens with one attached hydrogen (secondary N) is 1. The maximum atomic E-state index is 13.7. The van der Waals surface area contributed by atoms with Crippen LogP contribution in [0, 0.1) is 0 Å². The number of benzene rings is 3. The SMILES string of the molecule is O=C(CSc1nc2sc3c(c2c(=O)n1-c1ccc(Cl)cc1)CCC3)NN=Cc1cccc(Oc2ccccc2)c1. The quantitative estimate of drug-likeness (QED) is 0.0955. The van der Waals surface area contributed by atoms with Crippen LogP contribution in [-0.4, -0.2) is 27.4 Å². The number of carbonyl (C=O) groups is 1. The van der Waals surface area contributed by atoms with Crippen LogP contribution < -0.4 is 15.7 Å². The molecule has 1 N–H and O–H groups in total. The highest BCUT2D eigenvalue weighted by atomic mass is 35.5. The summed E-state index contributed by atoms with van der Waals surface area (Å²) in [7, 11) is 0. The highest BCUT2D eigenvalue weighted by Crippen LogP contribution is 2.36. The van der Waals surface area contributed by atoms with E-state index >= 15 is 0 Å². The first-order valence-corrected chi connectivity index (χ1v) is 14.8. The molecule has 40 heavy (non-hydrogen) atoms. The third-order valence-corrected chi connectivity index (χ3v) is 8.74. The number of aromatic nitrogens is 2. The Balaban J connectivity index is 1.17. The van der Waals surface area contributed by atoms with Gasteiger partial charge in [0, 0.05) is 9.90 Å². The van der Waals surface area contributed by atoms with E-state index in [2.05, 4.69) is 10.5 Å². The van der Waals surface area contributed by atoms with Gasteiger partial charge in [-0.25, -0.2) is 10.4 Å². The molecule has 0 aliphatic heterocycles. The van der Waals surface area contributed by atoms with E-state index in [0.717, 1.165) is 41.0 Å². The van der Waals surface area contributed by atoms with Crippen molar-refractivity contribution in [3.8, 4) is 17.2 Å². The number of fused-ring (bicyclic) bond motifs is 3. The second kappa shape index (κ2) is 11.7. The van der Waals surface area contributed by atoms with E-state index in [9.17, 15) is 9.59 Å². The third-order valence-electron chi connectivity index (χ3n) is 6.37. The fraction of sp³-hybridized carbons (Fsp3) is 0.133. The molecule has 2 heterocycles. The lowest BCUT2D eigenvalue weighted by atomic mass is 10.2. The maximum Gasteiger partial charge on any atom is 0.267 e. The number of amides is 1. The molecule has 0 fully saturated rings. The molecule has 1 aliphatic rings. The molecule has 0 saturated heterocycles. The smallest absolute Gasteiger partial charge is 0.267 e. The molecule has 0 saturated carbocycles. The Morgan fingerprint density at radius 2 is 1.88 bits per heavy atom. The lowest BCUT2D eigenvalue weighted by Crippen LogP contribution is -2.24. The number of thioether (sulfide) groups is 1. The van der Waals surface area contributed by atoms with Crippen LogP contribution in [0.15, 0.2) is 93.9 Å². The van der Waals surface area contributed by atoms with Crippen molar-refractivity contribution in [2.24, 2.45) is 5.10 Å². The first-order chi connectivity index (χ1) is 19.5. The van der Waals surface area contributed by atoms with Crippen molar-refractivity contribution in [1.82, 2.24) is 15.0 Å². The van der Waals surface area contributed by atoms with Gasteiger partial charge < -0.3 is 4.74 Å². The summed E-state index contributed by atoms with van der Waals surface area (Å²) in [5.74, 6) is 1.12. The standard InChI is InChI=1S/C30H23ClN4O3S2/c31-20-12-14-21(15-13-20)35-29(37)27-24-10-5-11-25(24)40-28(27)33-30(35)39-18-26(36)34-32-17-19-6-4-9-23(16-19)38-22-7-2-1-3-8-22/h1-4,6-9,12-17H,5,10-11,18H2,(H,34,36). The van der Waals surface area contributed by atoms with E-state index in [1.807, 2.05) is 54.6 Å². The zero-order valence-corrected chi connectivity index (χ0v) is 23.6. The van der Waals surface area contributed by atoms with Gasteiger partial charge >= 0.3 is 0 Å². The number of aryl methyl sites for hydroxylation is 2. The first-order valence-electron chi connectivity index (χ1n) is 12.7. The average Bonchev–Trinajstić information content (AvgIpc) is 3.55. The summed E-state index contributed by atoms with van der Waals surface area (Å²) < 4.78 is 7.43. The number of hydrazone groups is 1. The van der Waals surface area contributed by atoms with Crippen molar-refractivity contribution in [2.75, 3.05) is 5.75 Å². The summed E-state index contributed by atoms with van der Waals surface area (Å²) in [4.78, 5) is 33.2. The third kappa shape index (κ3) is 5.67. The number of hydrogen-bond donors (Lipinski definition) is 1. The summed E-state index contributed by atoms with van der Waals surface area (Å²) in [5, 5.41) is 5.81. The van der Waals surface area contributed by atoms with Crippen molar-refractivity contribution >= 4 is 57.0 Å². The Morgan fingerprint density at radius 3 is 2.70 bits per heavy atom. The Hall–Kier alpha value is -3.92. The van der Waals surface area contributed by atoms with Crippen LogP contribution in [0.2, 0.25) is 5.02 Å². The number of ether oxygens (including phenoxy) is 1. The number of para-hydroxylation sites is 1. The minimum Gasteiger partial charge on any atom is -0.457 e. The van der Waals surface area contributed by atoms with Gasteiger partial charge in [-0.2, -0.15) is 5.10 Å². The van der Waals surface area contributed by atoms with E-state index < -0.39 is 0 Å². The van der Waals surface area contributed by atoms with Crippen LogP contribution in [-0.2, 0) is 17.6 Å². The molecular formula is C30H23ClN4O3S2. The van der Waals surface area contributed by atoms with Gasteiger partial charge in [0.05, 0.1) is 23.0 Å². The molecule has 0 unspecified atom stereocenters. The molecule has 10 heteroatoms. The van der Waals surface area contributed by atoms with Crippen molar-refractivity contribution in [3.05, 3.63) is 110 Å². The molecule has 3 aromatic carbocycles. The van der Waals surface area contributed by atoms with Crippen molar-refractivity contribution in [1.29, 1.82) is 0 Å². The fourth-order valence-corrected chi connectivity index (χ4v) is 6.80. The predicted molar refractivity (Wildman–Crippen MR) is 162 cm³/mol. The molecular weight excluding hydrogens is 564 g/mol. The molecule has 0 radical (unpaired) electrons. The number of halogens is 1. The zero-order valence-electron chi connectivity index (χ0n) is 21.2. The van der Waals surface area contributed by atoms with Crippen LogP contribution in [0.3, 0.4) is 0 Å². The number of hydrogen-bond acceptors (Lipinski definition) is 7. The minimum atomic E-state index is -0.316. The highest BCUT2D eigenvalue weighted by Gasteiger charge is 2.24. The van der Waals surface area contributed by atoms with Gasteiger partial charge in [-0.05, 0) is 78.9 Å². The fourth-order valence-electron chi connectivity index (χ4n) is 4.56. The Labute approximate surface area is 243 Å². The molecule has 7 nitrogen and oxygen atoms in total. The maximum absolute atomic E-state index is 13.7. The van der Waals surface area contributed by atoms with E-state index in [0.29, 0.717) is 27.0 Å². The second-order valence-corrected chi connectivity index (χ2v) is 11.6. The Bertz CT molecular complexity index is 1780. The Morgan fingerprint density at radius 1 is 1.07 bits per heavy atom. The van der Waals surface area contributed by atoms with Gasteiger partial charge in [0.25, 0.3) is 11.5 Å². The largest absolute Gasteiger partial charge is 0.457 e. The van der Waals surface area contributed by atoms with Crippen LogP contribution in [0.1, 0.15) is 22.4 Å². The topological polar surface area (TPSA) is 85.6 Å². The summed E-state index contributed by atoms with van der Waals surface area (Å²) in [6.07, 6.45) is 4.47. The van der Waals surface area contributed by atoms with Crippen LogP contribution in [0.4, 0.5) is 0 Å². The monoisotopic (exact) mass is 586 g/mol. The molecule has 0 bridgehead atoms. The van der Waals surface area contributed by atoms with E-state index in [4.69, 9.17) is 21.3 Å². The summed E-state index contributed by atoms with van der Waals surface area (Å²) in [6, 6.07) is 23.9. The molecule has 2 aromatic heterocycles. The van der Waals surface area contributed by atoms with E-state index in [1.54, 1.807) is 46.4 Å². The lowest BCUT2D eigenvalue weighted by Gasteiger charge is -2.12. The number of thiophene rings is 1. The number of nitrogens with zero attached hydrogens (tertiary/aromatic N) is 3. The van der Waals surface area contributed by atoms with E-state index in [1.165, 1.54) is 16.6 Å². The van der Waals surface area contributed by atoms with Gasteiger partial charge in [0.15, 0.2) is 5.16 Å². The number of rotatable bonds is 8. The highest BCUT2D eigenvalue weighted by molar-refractivity contribution is 7.99. The van der Waals surface area contributed by atoms with Crippen molar-refractivity contribution < 1.29 is 9.53 Å².